The second-order valence-corrected chi connectivity index (χ2v) is 6.41. The monoisotopic (exact) mass is 405 g/mol. The van der Waals surface area contributed by atoms with Crippen LogP contribution in [0, 0.1) is 13.8 Å². The van der Waals surface area contributed by atoms with Crippen molar-refractivity contribution in [1.29, 1.82) is 0 Å². The molecule has 154 valence electrons. The largest absolute Gasteiger partial charge is 0.451 e. The number of aromatic nitrogens is 1. The van der Waals surface area contributed by atoms with Crippen LogP contribution in [0.25, 0.3) is 6.08 Å². The van der Waals surface area contributed by atoms with E-state index in [0.717, 1.165) is 6.08 Å². The first-order valence-electron chi connectivity index (χ1n) is 8.78. The normalized spacial score (nSPS) is 12.2. The zero-order valence-electron chi connectivity index (χ0n) is 16.4. The lowest BCUT2D eigenvalue weighted by molar-refractivity contribution is -0.140. The van der Waals surface area contributed by atoms with Gasteiger partial charge in [-0.3, -0.25) is 9.59 Å². The van der Waals surface area contributed by atoms with E-state index in [-0.39, 0.29) is 17.2 Å². The standard InChI is InChI=1S/C21H21F2NO5/c1-11-18(13(3)25)12(2)24-19(11)20(27)14(4)28-17(26)10-7-15-5-8-16(9-6-15)29-21(22)23/h5-10,14,21,24H,1-4H3/b10-7+/t14-/m1/s1. The molecule has 0 saturated heterocycles. The molecule has 29 heavy (non-hydrogen) atoms. The average molecular weight is 405 g/mol. The molecule has 0 aliphatic rings. The fourth-order valence-electron chi connectivity index (χ4n) is 2.92. The molecule has 0 spiro atoms. The van der Waals surface area contributed by atoms with Crippen molar-refractivity contribution in [2.24, 2.45) is 0 Å². The fraction of sp³-hybridized carbons (Fsp3) is 0.286. The molecule has 0 aliphatic carbocycles. The molecule has 2 rings (SSSR count). The van der Waals surface area contributed by atoms with E-state index in [1.165, 1.54) is 44.2 Å². The SMILES string of the molecule is CC(=O)c1c(C)[nH]c(C(=O)[C@@H](C)OC(=O)/C=C/c2ccc(OC(F)F)cc2)c1C. The van der Waals surface area contributed by atoms with Crippen LogP contribution in [0.4, 0.5) is 8.78 Å². The summed E-state index contributed by atoms with van der Waals surface area (Å²) in [5, 5.41) is 0. The number of Topliss-reactive ketones (excluding diaryl/α,β-unsaturated/α-hetero) is 2. The van der Waals surface area contributed by atoms with Crippen molar-refractivity contribution in [3.63, 3.8) is 0 Å². The minimum Gasteiger partial charge on any atom is -0.451 e. The van der Waals surface area contributed by atoms with Gasteiger partial charge in [0.2, 0.25) is 5.78 Å². The summed E-state index contributed by atoms with van der Waals surface area (Å²) in [6.45, 7) is 3.29. The molecule has 0 radical (unpaired) electrons. The van der Waals surface area contributed by atoms with Crippen molar-refractivity contribution in [2.45, 2.75) is 40.4 Å². The predicted molar refractivity (Wildman–Crippen MR) is 102 cm³/mol. The van der Waals surface area contributed by atoms with Gasteiger partial charge >= 0.3 is 12.6 Å². The number of ketones is 2. The lowest BCUT2D eigenvalue weighted by atomic mass is 10.0. The second-order valence-electron chi connectivity index (χ2n) is 6.41. The van der Waals surface area contributed by atoms with Gasteiger partial charge in [0.25, 0.3) is 0 Å². The Hall–Kier alpha value is -3.29. The molecule has 1 atom stereocenters. The average Bonchev–Trinajstić information content (AvgIpc) is 2.94. The van der Waals surface area contributed by atoms with Gasteiger partial charge in [-0.25, -0.2) is 4.79 Å². The molecular weight excluding hydrogens is 384 g/mol. The molecule has 8 heteroatoms. The van der Waals surface area contributed by atoms with Crippen molar-refractivity contribution < 1.29 is 32.6 Å². The molecule has 0 bridgehead atoms. The molecule has 1 N–H and O–H groups in total. The minimum absolute atomic E-state index is 0.000451. The number of carbonyl (C=O) groups is 3. The molecule has 1 aromatic heterocycles. The number of H-pyrrole nitrogens is 1. The minimum atomic E-state index is -2.91. The van der Waals surface area contributed by atoms with E-state index in [0.29, 0.717) is 22.4 Å². The number of hydrogen-bond acceptors (Lipinski definition) is 5. The van der Waals surface area contributed by atoms with Crippen molar-refractivity contribution in [2.75, 3.05) is 0 Å². The van der Waals surface area contributed by atoms with Gasteiger partial charge in [0.15, 0.2) is 11.9 Å². The van der Waals surface area contributed by atoms with Crippen LogP contribution in [0.3, 0.4) is 0 Å². The molecule has 0 unspecified atom stereocenters. The molecule has 0 saturated carbocycles. The Kier molecular flexibility index (Phi) is 7.03. The van der Waals surface area contributed by atoms with Crippen molar-refractivity contribution >= 4 is 23.6 Å². The maximum Gasteiger partial charge on any atom is 0.387 e. The molecule has 0 fully saturated rings. The molecule has 0 amide bonds. The van der Waals surface area contributed by atoms with Crippen LogP contribution in [0.2, 0.25) is 0 Å². The zero-order valence-corrected chi connectivity index (χ0v) is 16.4. The molecule has 1 heterocycles. The third-order valence-electron chi connectivity index (χ3n) is 4.22. The Morgan fingerprint density at radius 2 is 1.72 bits per heavy atom. The smallest absolute Gasteiger partial charge is 0.387 e. The van der Waals surface area contributed by atoms with E-state index in [1.807, 2.05) is 0 Å². The number of rotatable bonds is 8. The van der Waals surface area contributed by atoms with Crippen LogP contribution < -0.4 is 4.74 Å². The number of benzene rings is 1. The van der Waals surface area contributed by atoms with Gasteiger partial charge in [-0.05, 0) is 57.0 Å². The highest BCUT2D eigenvalue weighted by atomic mass is 19.3. The van der Waals surface area contributed by atoms with Crippen LogP contribution in [-0.2, 0) is 9.53 Å². The van der Waals surface area contributed by atoms with Gasteiger partial charge in [-0.15, -0.1) is 0 Å². The Morgan fingerprint density at radius 1 is 1.10 bits per heavy atom. The first-order chi connectivity index (χ1) is 13.6. The third-order valence-corrected chi connectivity index (χ3v) is 4.22. The van der Waals surface area contributed by atoms with Gasteiger partial charge < -0.3 is 14.5 Å². The third kappa shape index (κ3) is 5.60. The summed E-state index contributed by atoms with van der Waals surface area (Å²) in [4.78, 5) is 39.1. The quantitative estimate of drug-likeness (QED) is 0.403. The number of ether oxygens (including phenoxy) is 2. The maximum absolute atomic E-state index is 12.6. The van der Waals surface area contributed by atoms with Crippen molar-refractivity contribution in [1.82, 2.24) is 4.98 Å². The number of hydrogen-bond donors (Lipinski definition) is 1. The highest BCUT2D eigenvalue weighted by molar-refractivity contribution is 6.05. The summed E-state index contributed by atoms with van der Waals surface area (Å²) in [5.74, 6) is -1.35. The van der Waals surface area contributed by atoms with Crippen LogP contribution in [0.1, 0.15) is 51.5 Å². The summed E-state index contributed by atoms with van der Waals surface area (Å²) in [6, 6.07) is 5.66. The number of alkyl halides is 2. The number of nitrogens with one attached hydrogen (secondary N) is 1. The zero-order chi connectivity index (χ0) is 21.7. The molecule has 6 nitrogen and oxygen atoms in total. The fourth-order valence-corrected chi connectivity index (χ4v) is 2.92. The molecular formula is C21H21F2NO5. The van der Waals surface area contributed by atoms with Gasteiger partial charge in [-0.1, -0.05) is 12.1 Å². The lowest BCUT2D eigenvalue weighted by Gasteiger charge is -2.10. The Labute approximate surface area is 166 Å². The van der Waals surface area contributed by atoms with Crippen LogP contribution in [-0.4, -0.2) is 35.2 Å². The Morgan fingerprint density at radius 3 is 2.24 bits per heavy atom. The first-order valence-corrected chi connectivity index (χ1v) is 8.78. The van der Waals surface area contributed by atoms with Gasteiger partial charge in [0.1, 0.15) is 5.75 Å². The van der Waals surface area contributed by atoms with Crippen molar-refractivity contribution in [3.05, 3.63) is 58.4 Å². The summed E-state index contributed by atoms with van der Waals surface area (Å²) in [7, 11) is 0. The molecule has 2 aromatic rings. The summed E-state index contributed by atoms with van der Waals surface area (Å²) in [6.07, 6.45) is 1.48. The van der Waals surface area contributed by atoms with E-state index < -0.39 is 24.5 Å². The lowest BCUT2D eigenvalue weighted by Crippen LogP contribution is -2.24. The summed E-state index contributed by atoms with van der Waals surface area (Å²) < 4.78 is 33.6. The predicted octanol–water partition coefficient (Wildman–Crippen LogP) is 4.26. The number of carbonyl (C=O) groups excluding carboxylic acids is 3. The number of aromatic amines is 1. The Bertz CT molecular complexity index is 945. The van der Waals surface area contributed by atoms with E-state index in [2.05, 4.69) is 9.72 Å². The number of halogens is 2. The Balaban J connectivity index is 2.01. The topological polar surface area (TPSA) is 85.5 Å². The highest BCUT2D eigenvalue weighted by Gasteiger charge is 2.25. The van der Waals surface area contributed by atoms with E-state index in [1.54, 1.807) is 13.8 Å². The maximum atomic E-state index is 12.6. The van der Waals surface area contributed by atoms with Gasteiger partial charge in [-0.2, -0.15) is 8.78 Å². The number of aryl methyl sites for hydroxylation is 1. The van der Waals surface area contributed by atoms with Gasteiger partial charge in [0.05, 0.1) is 5.69 Å². The van der Waals surface area contributed by atoms with E-state index in [4.69, 9.17) is 4.74 Å². The molecule has 1 aromatic carbocycles. The summed E-state index contributed by atoms with van der Waals surface area (Å²) in [5.41, 5.74) is 2.34. The summed E-state index contributed by atoms with van der Waals surface area (Å²) >= 11 is 0. The first kappa shape index (κ1) is 22.0. The molecule has 0 aliphatic heterocycles. The highest BCUT2D eigenvalue weighted by Crippen LogP contribution is 2.20. The van der Waals surface area contributed by atoms with Crippen LogP contribution in [0.15, 0.2) is 30.3 Å². The van der Waals surface area contributed by atoms with Gasteiger partial charge in [0, 0.05) is 17.3 Å². The van der Waals surface area contributed by atoms with E-state index >= 15 is 0 Å². The van der Waals surface area contributed by atoms with Crippen LogP contribution in [0.5, 0.6) is 5.75 Å². The second kappa shape index (κ2) is 9.27. The van der Waals surface area contributed by atoms with Crippen LogP contribution >= 0.6 is 0 Å². The van der Waals surface area contributed by atoms with Crippen molar-refractivity contribution in [3.8, 4) is 5.75 Å². The van der Waals surface area contributed by atoms with E-state index in [9.17, 15) is 23.2 Å². The number of esters is 1.